The molecular formula is C26H25NO4. The fourth-order valence-corrected chi connectivity index (χ4v) is 2.99. The van der Waals surface area contributed by atoms with Crippen molar-refractivity contribution in [1.29, 1.82) is 0 Å². The summed E-state index contributed by atoms with van der Waals surface area (Å²) in [7, 11) is 4.77. The topological polar surface area (TPSA) is 56.8 Å². The van der Waals surface area contributed by atoms with Crippen molar-refractivity contribution in [2.24, 2.45) is 0 Å². The Morgan fingerprint density at radius 1 is 0.774 bits per heavy atom. The largest absolute Gasteiger partial charge is 0.493 e. The molecule has 0 aromatic heterocycles. The van der Waals surface area contributed by atoms with Gasteiger partial charge >= 0.3 is 0 Å². The van der Waals surface area contributed by atoms with Gasteiger partial charge in [-0.15, -0.1) is 0 Å². The van der Waals surface area contributed by atoms with E-state index < -0.39 is 0 Å². The highest BCUT2D eigenvalue weighted by Gasteiger charge is 2.11. The standard InChI is InChI=1S/C26H25NO4/c1-29-24-17-20(18-25(30-2)26(24)31-3)10-9-19-11-13-22(14-12-19)27-16-15-23(28)21-7-5-4-6-8-21/h4-18,27H,1-3H3/b10-9-,16-15-. The Kier molecular flexibility index (Phi) is 7.49. The van der Waals surface area contributed by atoms with E-state index in [1.54, 1.807) is 39.7 Å². The van der Waals surface area contributed by atoms with Crippen LogP contribution in [0.25, 0.3) is 12.2 Å². The highest BCUT2D eigenvalue weighted by atomic mass is 16.5. The van der Waals surface area contributed by atoms with Crippen LogP contribution in [0.2, 0.25) is 0 Å². The monoisotopic (exact) mass is 415 g/mol. The highest BCUT2D eigenvalue weighted by Crippen LogP contribution is 2.38. The van der Waals surface area contributed by atoms with Gasteiger partial charge in [-0.3, -0.25) is 4.79 Å². The molecular weight excluding hydrogens is 390 g/mol. The first-order valence-corrected chi connectivity index (χ1v) is 9.75. The third kappa shape index (κ3) is 5.76. The fourth-order valence-electron chi connectivity index (χ4n) is 2.99. The molecule has 5 nitrogen and oxygen atoms in total. The molecule has 0 radical (unpaired) electrons. The normalized spacial score (nSPS) is 10.9. The van der Waals surface area contributed by atoms with Crippen LogP contribution in [0.5, 0.6) is 17.2 Å². The number of carbonyl (C=O) groups is 1. The number of ether oxygens (including phenoxy) is 3. The van der Waals surface area contributed by atoms with E-state index in [1.807, 2.05) is 66.7 Å². The average Bonchev–Trinajstić information content (AvgIpc) is 2.83. The van der Waals surface area contributed by atoms with Gasteiger partial charge in [-0.2, -0.15) is 0 Å². The summed E-state index contributed by atoms with van der Waals surface area (Å²) in [5.74, 6) is 1.74. The number of ketones is 1. The first kappa shape index (κ1) is 21.7. The maximum atomic E-state index is 12.1. The quantitative estimate of drug-likeness (QED) is 0.276. The Hall–Kier alpha value is -3.99. The Balaban J connectivity index is 1.65. The summed E-state index contributed by atoms with van der Waals surface area (Å²) >= 11 is 0. The van der Waals surface area contributed by atoms with Gasteiger partial charge in [0, 0.05) is 23.5 Å². The summed E-state index contributed by atoms with van der Waals surface area (Å²) in [6, 6.07) is 20.8. The van der Waals surface area contributed by atoms with Gasteiger partial charge in [0.15, 0.2) is 17.3 Å². The zero-order valence-electron chi connectivity index (χ0n) is 17.8. The SMILES string of the molecule is COc1cc(/C=C\c2ccc(N/C=C\C(=O)c3ccccc3)cc2)cc(OC)c1OC. The molecule has 3 rings (SSSR count). The molecule has 0 heterocycles. The van der Waals surface area contributed by atoms with E-state index in [9.17, 15) is 4.79 Å². The Morgan fingerprint density at radius 3 is 1.97 bits per heavy atom. The molecule has 0 saturated heterocycles. The van der Waals surface area contributed by atoms with Gasteiger partial charge < -0.3 is 19.5 Å². The summed E-state index contributed by atoms with van der Waals surface area (Å²) in [6.07, 6.45) is 7.15. The molecule has 0 amide bonds. The third-order valence-corrected chi connectivity index (χ3v) is 4.61. The lowest BCUT2D eigenvalue weighted by atomic mass is 10.1. The van der Waals surface area contributed by atoms with Gasteiger partial charge in [-0.25, -0.2) is 0 Å². The minimum atomic E-state index is -0.0435. The van der Waals surface area contributed by atoms with Crippen molar-refractivity contribution in [1.82, 2.24) is 0 Å². The van der Waals surface area contributed by atoms with E-state index in [0.717, 1.165) is 16.8 Å². The van der Waals surface area contributed by atoms with Crippen molar-refractivity contribution in [3.05, 3.63) is 95.7 Å². The number of methoxy groups -OCH3 is 3. The smallest absolute Gasteiger partial charge is 0.203 e. The van der Waals surface area contributed by atoms with Crippen LogP contribution in [0.15, 0.2) is 79.0 Å². The van der Waals surface area contributed by atoms with Crippen molar-refractivity contribution in [2.45, 2.75) is 0 Å². The van der Waals surface area contributed by atoms with E-state index >= 15 is 0 Å². The second-order valence-corrected chi connectivity index (χ2v) is 6.62. The van der Waals surface area contributed by atoms with Crippen molar-refractivity contribution in [2.75, 3.05) is 26.6 Å². The highest BCUT2D eigenvalue weighted by molar-refractivity contribution is 6.04. The van der Waals surface area contributed by atoms with Crippen molar-refractivity contribution in [3.63, 3.8) is 0 Å². The van der Waals surface area contributed by atoms with Crippen molar-refractivity contribution < 1.29 is 19.0 Å². The summed E-state index contributed by atoms with van der Waals surface area (Å²) in [4.78, 5) is 12.1. The van der Waals surface area contributed by atoms with Crippen LogP contribution in [-0.4, -0.2) is 27.1 Å². The van der Waals surface area contributed by atoms with Gasteiger partial charge in [0.2, 0.25) is 5.75 Å². The lowest BCUT2D eigenvalue weighted by molar-refractivity contribution is 0.104. The summed E-state index contributed by atoms with van der Waals surface area (Å²) < 4.78 is 16.1. The first-order valence-electron chi connectivity index (χ1n) is 9.75. The molecule has 158 valence electrons. The molecule has 0 spiro atoms. The second-order valence-electron chi connectivity index (χ2n) is 6.62. The number of allylic oxidation sites excluding steroid dienone is 1. The zero-order valence-corrected chi connectivity index (χ0v) is 17.8. The summed E-state index contributed by atoms with van der Waals surface area (Å²) in [6.45, 7) is 0. The van der Waals surface area contributed by atoms with E-state index in [0.29, 0.717) is 22.8 Å². The van der Waals surface area contributed by atoms with Crippen LogP contribution in [0.1, 0.15) is 21.5 Å². The number of carbonyl (C=O) groups excluding carboxylic acids is 1. The van der Waals surface area contributed by atoms with Crippen molar-refractivity contribution >= 4 is 23.6 Å². The minimum absolute atomic E-state index is 0.0435. The molecule has 0 atom stereocenters. The number of nitrogens with one attached hydrogen (secondary N) is 1. The third-order valence-electron chi connectivity index (χ3n) is 4.61. The molecule has 0 fully saturated rings. The van der Waals surface area contributed by atoms with E-state index in [1.165, 1.54) is 6.08 Å². The van der Waals surface area contributed by atoms with Gasteiger partial charge in [-0.1, -0.05) is 54.6 Å². The van der Waals surface area contributed by atoms with Gasteiger partial charge in [0.05, 0.1) is 21.3 Å². The summed E-state index contributed by atoms with van der Waals surface area (Å²) in [5.41, 5.74) is 3.51. The van der Waals surface area contributed by atoms with Crippen LogP contribution in [-0.2, 0) is 0 Å². The molecule has 3 aromatic rings. The van der Waals surface area contributed by atoms with Crippen LogP contribution in [0.4, 0.5) is 5.69 Å². The van der Waals surface area contributed by atoms with E-state index in [-0.39, 0.29) is 5.78 Å². The number of benzene rings is 3. The van der Waals surface area contributed by atoms with Crippen LogP contribution < -0.4 is 19.5 Å². The molecule has 0 unspecified atom stereocenters. The number of hydrogen-bond acceptors (Lipinski definition) is 5. The molecule has 0 aliphatic heterocycles. The molecule has 31 heavy (non-hydrogen) atoms. The van der Waals surface area contributed by atoms with Crippen LogP contribution in [0, 0.1) is 0 Å². The number of hydrogen-bond donors (Lipinski definition) is 1. The molecule has 0 aliphatic carbocycles. The number of anilines is 1. The fraction of sp³-hybridized carbons (Fsp3) is 0.115. The second kappa shape index (κ2) is 10.7. The lowest BCUT2D eigenvalue weighted by Gasteiger charge is -2.12. The predicted molar refractivity (Wildman–Crippen MR) is 125 cm³/mol. The predicted octanol–water partition coefficient (Wildman–Crippen LogP) is 5.69. The molecule has 0 saturated carbocycles. The zero-order chi connectivity index (χ0) is 22.1. The Bertz CT molecular complexity index is 1050. The van der Waals surface area contributed by atoms with Crippen LogP contribution >= 0.6 is 0 Å². The van der Waals surface area contributed by atoms with Gasteiger partial charge in [0.1, 0.15) is 0 Å². The first-order chi connectivity index (χ1) is 15.1. The maximum absolute atomic E-state index is 12.1. The minimum Gasteiger partial charge on any atom is -0.493 e. The molecule has 5 heteroatoms. The number of rotatable bonds is 9. The average molecular weight is 415 g/mol. The van der Waals surface area contributed by atoms with Gasteiger partial charge in [0.25, 0.3) is 0 Å². The Morgan fingerprint density at radius 2 is 1.39 bits per heavy atom. The van der Waals surface area contributed by atoms with E-state index in [2.05, 4.69) is 5.32 Å². The Labute approximate surface area is 182 Å². The molecule has 3 aromatic carbocycles. The van der Waals surface area contributed by atoms with E-state index in [4.69, 9.17) is 14.2 Å². The summed E-state index contributed by atoms with van der Waals surface area (Å²) in [5, 5.41) is 3.12. The van der Waals surface area contributed by atoms with Crippen LogP contribution in [0.3, 0.4) is 0 Å². The van der Waals surface area contributed by atoms with Crippen molar-refractivity contribution in [3.8, 4) is 17.2 Å². The molecule has 1 N–H and O–H groups in total. The van der Waals surface area contributed by atoms with Gasteiger partial charge in [-0.05, 0) is 35.4 Å². The molecule has 0 bridgehead atoms. The molecule has 0 aliphatic rings. The lowest BCUT2D eigenvalue weighted by Crippen LogP contribution is -1.95. The maximum Gasteiger partial charge on any atom is 0.203 e.